The zero-order valence-electron chi connectivity index (χ0n) is 18.6. The van der Waals surface area contributed by atoms with Crippen molar-refractivity contribution in [2.75, 3.05) is 0 Å². The predicted octanol–water partition coefficient (Wildman–Crippen LogP) is 3.49. The summed E-state index contributed by atoms with van der Waals surface area (Å²) in [7, 11) is 0. The minimum absolute atomic E-state index is 0.0697. The van der Waals surface area contributed by atoms with Crippen molar-refractivity contribution in [3.63, 3.8) is 0 Å². The lowest BCUT2D eigenvalue weighted by Crippen LogP contribution is -2.31. The molecule has 2 N–H and O–H groups in total. The van der Waals surface area contributed by atoms with Crippen LogP contribution in [0.5, 0.6) is 0 Å². The smallest absolute Gasteiger partial charge is 0.256 e. The maximum Gasteiger partial charge on any atom is 0.256 e. The van der Waals surface area contributed by atoms with Crippen molar-refractivity contribution in [3.8, 4) is 0 Å². The van der Waals surface area contributed by atoms with E-state index in [1.54, 1.807) is 18.6 Å². The Bertz CT molecular complexity index is 1820. The number of nitrogens with zero attached hydrogens (tertiary/aromatic N) is 3. The number of hydrogen-bond donors (Lipinski definition) is 2. The standard InChI is InChI=1S/C29H19N5O/c35-29(20-8-4-12-23-17(20)11-5-14-31-23)34-27-19-7-2-1-6-18(19)26-21(27)9-3-10-22(26)28-32-24-13-15-30-16-25(24)33-28/h1-16,22H,(H,32,33)(H,34,35). The predicted molar refractivity (Wildman–Crippen MR) is 136 cm³/mol. The molecule has 2 aliphatic rings. The summed E-state index contributed by atoms with van der Waals surface area (Å²) in [4.78, 5) is 30.4. The second-order valence-corrected chi connectivity index (χ2v) is 8.62. The molecule has 1 amide bonds. The van der Waals surface area contributed by atoms with Crippen LogP contribution in [0.2, 0.25) is 0 Å². The molecule has 3 heterocycles. The molecular formula is C29H19N5O. The van der Waals surface area contributed by atoms with Gasteiger partial charge in [-0.2, -0.15) is 0 Å². The Morgan fingerprint density at radius 2 is 1.83 bits per heavy atom. The average molecular weight is 454 g/mol. The molecule has 3 aromatic heterocycles. The van der Waals surface area contributed by atoms with Crippen molar-refractivity contribution >= 4 is 39.1 Å². The minimum Gasteiger partial charge on any atom is -0.340 e. The van der Waals surface area contributed by atoms with Crippen molar-refractivity contribution in [2.24, 2.45) is 0 Å². The fraction of sp³-hybridized carbons (Fsp3) is 0.0345. The van der Waals surface area contributed by atoms with Gasteiger partial charge in [0.2, 0.25) is 0 Å². The van der Waals surface area contributed by atoms with Crippen molar-refractivity contribution in [1.82, 2.24) is 25.3 Å². The quantitative estimate of drug-likeness (QED) is 0.438. The first kappa shape index (κ1) is 19.6. The molecule has 6 heteroatoms. The van der Waals surface area contributed by atoms with Crippen LogP contribution in [0.3, 0.4) is 0 Å². The molecule has 2 aliphatic carbocycles. The SMILES string of the molecule is O=C(NC1=c2ccccc2=C2C1=CC=CC2c1nc2ccncc2[nH]1)c1cccc2ncccc12. The summed E-state index contributed by atoms with van der Waals surface area (Å²) in [5.74, 6) is 0.628. The highest BCUT2D eigenvalue weighted by atomic mass is 16.1. The van der Waals surface area contributed by atoms with E-state index in [2.05, 4.69) is 44.6 Å². The number of aromatic nitrogens is 4. The van der Waals surface area contributed by atoms with Gasteiger partial charge < -0.3 is 10.3 Å². The Balaban J connectivity index is 1.36. The lowest BCUT2D eigenvalue weighted by atomic mass is 9.87. The number of hydrogen-bond acceptors (Lipinski definition) is 4. The fourth-order valence-electron chi connectivity index (χ4n) is 5.10. The van der Waals surface area contributed by atoms with Gasteiger partial charge >= 0.3 is 0 Å². The average Bonchev–Trinajstić information content (AvgIpc) is 3.48. The Labute approximate surface area is 200 Å². The highest BCUT2D eigenvalue weighted by Gasteiger charge is 2.30. The van der Waals surface area contributed by atoms with Crippen LogP contribution in [0.1, 0.15) is 22.1 Å². The van der Waals surface area contributed by atoms with Gasteiger partial charge in [-0.1, -0.05) is 54.6 Å². The highest BCUT2D eigenvalue weighted by molar-refractivity contribution is 6.10. The Kier molecular flexibility index (Phi) is 4.26. The second-order valence-electron chi connectivity index (χ2n) is 8.62. The third-order valence-corrected chi connectivity index (χ3v) is 6.65. The summed E-state index contributed by atoms with van der Waals surface area (Å²) >= 11 is 0. The molecule has 0 saturated carbocycles. The number of fused-ring (bicyclic) bond motifs is 4. The van der Waals surface area contributed by atoms with Crippen molar-refractivity contribution in [2.45, 2.75) is 5.92 Å². The van der Waals surface area contributed by atoms with Crippen LogP contribution >= 0.6 is 0 Å². The highest BCUT2D eigenvalue weighted by Crippen LogP contribution is 2.38. The van der Waals surface area contributed by atoms with Crippen LogP contribution in [-0.2, 0) is 0 Å². The van der Waals surface area contributed by atoms with Gasteiger partial charge in [0, 0.05) is 34.1 Å². The summed E-state index contributed by atoms with van der Waals surface area (Å²) in [6, 6.07) is 19.5. The van der Waals surface area contributed by atoms with Crippen LogP contribution in [0, 0.1) is 0 Å². The molecule has 0 fully saturated rings. The maximum atomic E-state index is 13.5. The minimum atomic E-state index is -0.156. The van der Waals surface area contributed by atoms with Gasteiger partial charge in [0.05, 0.1) is 34.4 Å². The second kappa shape index (κ2) is 7.60. The van der Waals surface area contributed by atoms with Crippen molar-refractivity contribution < 1.29 is 4.79 Å². The number of rotatable bonds is 3. The molecule has 35 heavy (non-hydrogen) atoms. The van der Waals surface area contributed by atoms with Crippen molar-refractivity contribution in [1.29, 1.82) is 0 Å². The third-order valence-electron chi connectivity index (χ3n) is 6.65. The molecule has 1 atom stereocenters. The molecule has 0 radical (unpaired) electrons. The molecule has 2 aromatic carbocycles. The Morgan fingerprint density at radius 1 is 0.914 bits per heavy atom. The molecule has 1 unspecified atom stereocenters. The Morgan fingerprint density at radius 3 is 2.74 bits per heavy atom. The lowest BCUT2D eigenvalue weighted by molar-refractivity contribution is 0.0975. The van der Waals surface area contributed by atoms with E-state index >= 15 is 0 Å². The van der Waals surface area contributed by atoms with Gasteiger partial charge in [0.1, 0.15) is 5.82 Å². The normalized spacial score (nSPS) is 16.3. The number of carbonyl (C=O) groups excluding carboxylic acids is 1. The number of nitrogens with one attached hydrogen (secondary N) is 2. The topological polar surface area (TPSA) is 83.6 Å². The number of allylic oxidation sites excluding steroid dienone is 3. The number of H-pyrrole nitrogens is 1. The number of imidazole rings is 1. The maximum absolute atomic E-state index is 13.5. The molecule has 0 aliphatic heterocycles. The number of pyridine rings is 2. The van der Waals surface area contributed by atoms with E-state index in [0.717, 1.165) is 55.0 Å². The molecule has 0 saturated heterocycles. The van der Waals surface area contributed by atoms with Gasteiger partial charge in [-0.25, -0.2) is 4.98 Å². The van der Waals surface area contributed by atoms with Gasteiger partial charge in [-0.05, 0) is 35.1 Å². The number of amides is 1. The van der Waals surface area contributed by atoms with Crippen molar-refractivity contribution in [3.05, 3.63) is 125 Å². The first-order valence-corrected chi connectivity index (χ1v) is 11.5. The van der Waals surface area contributed by atoms with Gasteiger partial charge in [-0.15, -0.1) is 0 Å². The fourth-order valence-corrected chi connectivity index (χ4v) is 5.10. The van der Waals surface area contributed by atoms with Gasteiger partial charge in [0.15, 0.2) is 0 Å². The third kappa shape index (κ3) is 3.04. The summed E-state index contributed by atoms with van der Waals surface area (Å²) in [6.45, 7) is 0. The summed E-state index contributed by atoms with van der Waals surface area (Å²) < 4.78 is 0. The van der Waals surface area contributed by atoms with Crippen LogP contribution < -0.4 is 15.8 Å². The monoisotopic (exact) mass is 453 g/mol. The zero-order valence-corrected chi connectivity index (χ0v) is 18.6. The summed E-state index contributed by atoms with van der Waals surface area (Å²) in [6.07, 6.45) is 11.5. The van der Waals surface area contributed by atoms with E-state index in [4.69, 9.17) is 4.98 Å². The molecule has 7 rings (SSSR count). The van der Waals surface area contributed by atoms with E-state index in [1.165, 1.54) is 0 Å². The number of benzene rings is 2. The van der Waals surface area contributed by atoms with Crippen LogP contribution in [0.25, 0.3) is 33.2 Å². The number of aromatic amines is 1. The largest absolute Gasteiger partial charge is 0.340 e. The zero-order chi connectivity index (χ0) is 23.4. The van der Waals surface area contributed by atoms with E-state index < -0.39 is 0 Å². The van der Waals surface area contributed by atoms with E-state index in [0.29, 0.717) is 5.56 Å². The van der Waals surface area contributed by atoms with Gasteiger partial charge in [-0.3, -0.25) is 14.8 Å². The van der Waals surface area contributed by atoms with Crippen LogP contribution in [-0.4, -0.2) is 25.8 Å². The summed E-state index contributed by atoms with van der Waals surface area (Å²) in [5.41, 5.74) is 6.13. The van der Waals surface area contributed by atoms with E-state index in [9.17, 15) is 4.79 Å². The molecule has 0 bridgehead atoms. The lowest BCUT2D eigenvalue weighted by Gasteiger charge is -2.20. The van der Waals surface area contributed by atoms with Gasteiger partial charge in [0.25, 0.3) is 5.91 Å². The summed E-state index contributed by atoms with van der Waals surface area (Å²) in [5, 5.41) is 6.16. The van der Waals surface area contributed by atoms with E-state index in [-0.39, 0.29) is 11.8 Å². The first-order chi connectivity index (χ1) is 17.3. The van der Waals surface area contributed by atoms with Crippen LogP contribution in [0.4, 0.5) is 0 Å². The Hall–Kier alpha value is -4.84. The molecule has 0 spiro atoms. The molecular weight excluding hydrogens is 434 g/mol. The van der Waals surface area contributed by atoms with Crippen LogP contribution in [0.15, 0.2) is 103 Å². The first-order valence-electron chi connectivity index (χ1n) is 11.5. The molecule has 166 valence electrons. The molecule has 5 aromatic rings. The number of carbonyl (C=O) groups is 1. The molecule has 6 nitrogen and oxygen atoms in total. The van der Waals surface area contributed by atoms with E-state index in [1.807, 2.05) is 54.6 Å².